The highest BCUT2D eigenvalue weighted by Gasteiger charge is 2.35. The van der Waals surface area contributed by atoms with Gasteiger partial charge in [0.25, 0.3) is 0 Å². The Labute approximate surface area is 296 Å². The lowest BCUT2D eigenvalue weighted by molar-refractivity contribution is -0.123. The van der Waals surface area contributed by atoms with E-state index >= 15 is 0 Å². The summed E-state index contributed by atoms with van der Waals surface area (Å²) in [6, 6.07) is 22.5. The monoisotopic (exact) mass is 706 g/mol. The van der Waals surface area contributed by atoms with E-state index in [0.717, 1.165) is 16.7 Å². The summed E-state index contributed by atoms with van der Waals surface area (Å²) < 4.78 is 40.2. The fourth-order valence-corrected chi connectivity index (χ4v) is 8.47. The number of morpholine rings is 1. The van der Waals surface area contributed by atoms with E-state index in [2.05, 4.69) is 10.6 Å². The fourth-order valence-electron chi connectivity index (χ4n) is 6.60. The number of fused-ring (bicyclic) bond motifs is 1. The number of amides is 3. The predicted molar refractivity (Wildman–Crippen MR) is 192 cm³/mol. The second-order valence-electron chi connectivity index (χ2n) is 13.3. The van der Waals surface area contributed by atoms with Crippen molar-refractivity contribution in [2.75, 3.05) is 52.6 Å². The van der Waals surface area contributed by atoms with Crippen molar-refractivity contribution in [2.45, 2.75) is 62.4 Å². The number of sulfonamides is 1. The molecule has 2 aliphatic heterocycles. The summed E-state index contributed by atoms with van der Waals surface area (Å²) in [5.41, 5.74) is 2.66. The first-order chi connectivity index (χ1) is 24.2. The molecule has 270 valence electrons. The van der Waals surface area contributed by atoms with Crippen LogP contribution in [-0.2, 0) is 26.0 Å². The molecule has 1 saturated heterocycles. The predicted octanol–water partition coefficient (Wildman–Crippen LogP) is 4.16. The van der Waals surface area contributed by atoms with Crippen molar-refractivity contribution in [2.24, 2.45) is 5.92 Å². The van der Waals surface area contributed by atoms with Crippen molar-refractivity contribution in [1.82, 2.24) is 19.8 Å². The van der Waals surface area contributed by atoms with Gasteiger partial charge >= 0.3 is 6.03 Å². The molecule has 2 aliphatic rings. The molecule has 0 bridgehead atoms. The van der Waals surface area contributed by atoms with Crippen LogP contribution in [-0.4, -0.2) is 99.4 Å². The lowest BCUT2D eigenvalue weighted by Crippen LogP contribution is -2.55. The van der Waals surface area contributed by atoms with Gasteiger partial charge < -0.3 is 30.1 Å². The van der Waals surface area contributed by atoms with E-state index in [9.17, 15) is 23.1 Å². The average molecular weight is 707 g/mol. The van der Waals surface area contributed by atoms with Crippen LogP contribution in [0.4, 0.5) is 4.79 Å². The van der Waals surface area contributed by atoms with Gasteiger partial charge in [0.15, 0.2) is 0 Å². The van der Waals surface area contributed by atoms with Crippen molar-refractivity contribution in [3.05, 3.63) is 95.6 Å². The Balaban J connectivity index is 1.26. The first kappa shape index (κ1) is 37.3. The van der Waals surface area contributed by atoms with E-state index < -0.39 is 28.0 Å². The maximum atomic E-state index is 14.0. The van der Waals surface area contributed by atoms with Crippen LogP contribution in [0.2, 0.25) is 0 Å². The van der Waals surface area contributed by atoms with Crippen LogP contribution in [0.1, 0.15) is 55.7 Å². The Bertz CT molecular complexity index is 1610. The first-order valence-electron chi connectivity index (χ1n) is 17.6. The van der Waals surface area contributed by atoms with Crippen molar-refractivity contribution < 1.29 is 32.6 Å². The van der Waals surface area contributed by atoms with Gasteiger partial charge in [0, 0.05) is 44.6 Å². The molecule has 0 spiro atoms. The quantitative estimate of drug-likeness (QED) is 0.190. The van der Waals surface area contributed by atoms with E-state index in [1.165, 1.54) is 4.31 Å². The molecular formula is C38H50N4O7S. The lowest BCUT2D eigenvalue weighted by atomic mass is 9.84. The van der Waals surface area contributed by atoms with E-state index in [4.69, 9.17) is 9.47 Å². The summed E-state index contributed by atoms with van der Waals surface area (Å²) in [4.78, 5) is 29.3. The van der Waals surface area contributed by atoms with E-state index in [0.29, 0.717) is 70.9 Å². The molecule has 0 aliphatic carbocycles. The highest BCUT2D eigenvalue weighted by atomic mass is 32.2. The number of nitrogens with one attached hydrogen (secondary N) is 2. The van der Waals surface area contributed by atoms with Crippen molar-refractivity contribution in [3.8, 4) is 5.75 Å². The minimum Gasteiger partial charge on any atom is -0.493 e. The third-order valence-electron chi connectivity index (χ3n) is 9.20. The van der Waals surface area contributed by atoms with Gasteiger partial charge in [-0.05, 0) is 53.6 Å². The standard InChI is InChI=1S/C38H50N4O7S/c1-28(2)26-42(50(46,47)33-16-17-34-31(25-33)18-22-49-34)32(27-43)15-9-10-19-39-37(44)36(40-38(45)41-20-23-48-24-21-41)35(29-11-5-3-6-12-29)30-13-7-4-8-14-30/h3-8,11-14,16-17,25,28,32,35-36,43H,9-10,15,18-24,26-27H2,1-2H3,(H,39,44)(H,40,45)/t32-,36-/m0/s1. The molecule has 3 amide bonds. The Hall–Kier alpha value is -3.97. The van der Waals surface area contributed by atoms with Gasteiger partial charge in [0.05, 0.1) is 31.3 Å². The van der Waals surface area contributed by atoms with Crippen LogP contribution in [0.25, 0.3) is 0 Å². The third-order valence-corrected chi connectivity index (χ3v) is 11.1. The minimum atomic E-state index is -3.88. The Kier molecular flexibility index (Phi) is 13.3. The maximum absolute atomic E-state index is 14.0. The molecule has 11 nitrogen and oxygen atoms in total. The molecular weight excluding hydrogens is 657 g/mol. The molecule has 0 saturated carbocycles. The van der Waals surface area contributed by atoms with E-state index in [1.54, 1.807) is 23.1 Å². The van der Waals surface area contributed by atoms with Crippen LogP contribution in [0.3, 0.4) is 0 Å². The number of urea groups is 1. The average Bonchev–Trinajstić information content (AvgIpc) is 3.61. The van der Waals surface area contributed by atoms with Crippen LogP contribution in [0.15, 0.2) is 83.8 Å². The Morgan fingerprint density at radius 2 is 1.58 bits per heavy atom. The number of aliphatic hydroxyl groups excluding tert-OH is 1. The van der Waals surface area contributed by atoms with E-state index in [-0.39, 0.29) is 35.9 Å². The summed E-state index contributed by atoms with van der Waals surface area (Å²) in [6.07, 6.45) is 2.20. The van der Waals surface area contributed by atoms with Gasteiger partial charge in [0.1, 0.15) is 11.8 Å². The number of unbranched alkanes of at least 4 members (excludes halogenated alkanes) is 1. The lowest BCUT2D eigenvalue weighted by Gasteiger charge is -2.32. The van der Waals surface area contributed by atoms with Crippen molar-refractivity contribution in [3.63, 3.8) is 0 Å². The number of carbonyl (C=O) groups is 2. The van der Waals surface area contributed by atoms with Gasteiger partial charge in [-0.15, -0.1) is 0 Å². The third kappa shape index (κ3) is 9.42. The number of carbonyl (C=O) groups excluding carboxylic acids is 2. The molecule has 1 fully saturated rings. The molecule has 12 heteroatoms. The maximum Gasteiger partial charge on any atom is 0.318 e. The molecule has 5 rings (SSSR count). The van der Waals surface area contributed by atoms with Gasteiger partial charge in [-0.3, -0.25) is 4.79 Å². The number of aliphatic hydroxyl groups is 1. The molecule has 2 heterocycles. The number of hydrogen-bond donors (Lipinski definition) is 3. The normalized spacial score (nSPS) is 15.8. The Morgan fingerprint density at radius 3 is 2.20 bits per heavy atom. The zero-order chi connectivity index (χ0) is 35.5. The van der Waals surface area contributed by atoms with Gasteiger partial charge in [-0.1, -0.05) is 80.9 Å². The fraction of sp³-hybridized carbons (Fsp3) is 0.474. The molecule has 0 radical (unpaired) electrons. The SMILES string of the molecule is CC(C)CN([C@H](CO)CCCCNC(=O)[C@@H](NC(=O)N1CCOCC1)C(c1ccccc1)c1ccccc1)S(=O)(=O)c1ccc2c(c1)CCO2. The smallest absolute Gasteiger partial charge is 0.318 e. The number of nitrogens with zero attached hydrogens (tertiary/aromatic N) is 2. The minimum absolute atomic E-state index is 0.0441. The zero-order valence-electron chi connectivity index (χ0n) is 29.0. The van der Waals surface area contributed by atoms with Crippen LogP contribution in [0, 0.1) is 5.92 Å². The topological polar surface area (TPSA) is 138 Å². The van der Waals surface area contributed by atoms with Crippen LogP contribution in [0.5, 0.6) is 5.75 Å². The molecule has 3 aromatic rings. The largest absolute Gasteiger partial charge is 0.493 e. The second-order valence-corrected chi connectivity index (χ2v) is 15.2. The molecule has 50 heavy (non-hydrogen) atoms. The summed E-state index contributed by atoms with van der Waals surface area (Å²) in [5, 5.41) is 16.5. The van der Waals surface area contributed by atoms with Gasteiger partial charge in [0.2, 0.25) is 15.9 Å². The first-order valence-corrected chi connectivity index (χ1v) is 19.0. The summed E-state index contributed by atoms with van der Waals surface area (Å²) in [7, 11) is -3.88. The number of benzene rings is 3. The highest BCUT2D eigenvalue weighted by Crippen LogP contribution is 2.31. The molecule has 3 aromatic carbocycles. The van der Waals surface area contributed by atoms with Crippen molar-refractivity contribution in [1.29, 1.82) is 0 Å². The molecule has 0 aromatic heterocycles. The van der Waals surface area contributed by atoms with Crippen molar-refractivity contribution >= 4 is 22.0 Å². The number of rotatable bonds is 16. The second kappa shape index (κ2) is 17.8. The molecule has 3 N–H and O–H groups in total. The van der Waals surface area contributed by atoms with Gasteiger partial charge in [-0.25, -0.2) is 13.2 Å². The van der Waals surface area contributed by atoms with Crippen LogP contribution < -0.4 is 15.4 Å². The summed E-state index contributed by atoms with van der Waals surface area (Å²) in [6.45, 7) is 6.47. The number of hydrogen-bond acceptors (Lipinski definition) is 7. The highest BCUT2D eigenvalue weighted by molar-refractivity contribution is 7.89. The van der Waals surface area contributed by atoms with Crippen LogP contribution >= 0.6 is 0 Å². The Morgan fingerprint density at radius 1 is 0.920 bits per heavy atom. The summed E-state index contributed by atoms with van der Waals surface area (Å²) in [5.74, 6) is -0.00103. The summed E-state index contributed by atoms with van der Waals surface area (Å²) >= 11 is 0. The van der Waals surface area contributed by atoms with E-state index in [1.807, 2.05) is 74.5 Å². The van der Waals surface area contributed by atoms with Gasteiger partial charge in [-0.2, -0.15) is 4.31 Å². The zero-order valence-corrected chi connectivity index (χ0v) is 29.8. The number of ether oxygens (including phenoxy) is 2. The molecule has 0 unspecified atom stereocenters. The molecule has 2 atom stereocenters.